The van der Waals surface area contributed by atoms with E-state index in [1.165, 1.54) is 25.7 Å². The molecule has 2 saturated heterocycles. The number of nitrogens with one attached hydrogen (secondary N) is 1. The van der Waals surface area contributed by atoms with Crippen LogP contribution < -0.4 is 5.32 Å². The average molecular weight is 323 g/mol. The average Bonchev–Trinajstić information content (AvgIpc) is 2.95. The molecule has 0 radical (unpaired) electrons. The fourth-order valence-electron chi connectivity index (χ4n) is 4.53. The first kappa shape index (κ1) is 17.0. The fraction of sp³-hybridized carbons (Fsp3) is 0.944. The first-order valence-corrected chi connectivity index (χ1v) is 9.28. The lowest BCUT2D eigenvalue weighted by Crippen LogP contribution is -2.49. The lowest BCUT2D eigenvalue weighted by Gasteiger charge is -2.39. The molecule has 2 N–H and O–H groups in total. The second-order valence-electron chi connectivity index (χ2n) is 8.10. The molecule has 0 aromatic heterocycles. The van der Waals surface area contributed by atoms with Crippen molar-refractivity contribution in [2.24, 2.45) is 15.8 Å². The highest BCUT2D eigenvalue weighted by molar-refractivity contribution is 5.80. The molecule has 3 rings (SSSR count). The maximum Gasteiger partial charge on any atom is 0.193 e. The van der Waals surface area contributed by atoms with E-state index in [4.69, 9.17) is 4.74 Å². The number of aliphatic imine (C=N–C) groups is 1. The molecule has 132 valence electrons. The van der Waals surface area contributed by atoms with Crippen LogP contribution in [0.4, 0.5) is 0 Å². The van der Waals surface area contributed by atoms with Crippen LogP contribution in [-0.4, -0.2) is 62.0 Å². The zero-order valence-electron chi connectivity index (χ0n) is 14.8. The normalized spacial score (nSPS) is 34.8. The molecule has 5 heteroatoms. The number of guanidine groups is 1. The van der Waals surface area contributed by atoms with Crippen molar-refractivity contribution in [2.45, 2.75) is 58.0 Å². The summed E-state index contributed by atoms with van der Waals surface area (Å²) in [7, 11) is 1.87. The summed E-state index contributed by atoms with van der Waals surface area (Å²) in [6.07, 6.45) is 7.82. The number of aliphatic hydroxyl groups is 1. The molecule has 3 aliphatic rings. The molecule has 0 aromatic carbocycles. The smallest absolute Gasteiger partial charge is 0.193 e. The van der Waals surface area contributed by atoms with Crippen LogP contribution in [0.5, 0.6) is 0 Å². The van der Waals surface area contributed by atoms with Gasteiger partial charge in [-0.25, -0.2) is 0 Å². The van der Waals surface area contributed by atoms with Gasteiger partial charge >= 0.3 is 0 Å². The Morgan fingerprint density at radius 1 is 1.26 bits per heavy atom. The van der Waals surface area contributed by atoms with E-state index < -0.39 is 0 Å². The highest BCUT2D eigenvalue weighted by Crippen LogP contribution is 2.40. The molecule has 2 aliphatic heterocycles. The van der Waals surface area contributed by atoms with Gasteiger partial charge in [0.2, 0.25) is 0 Å². The van der Waals surface area contributed by atoms with Gasteiger partial charge < -0.3 is 20.1 Å². The summed E-state index contributed by atoms with van der Waals surface area (Å²) in [6, 6.07) is 0. The van der Waals surface area contributed by atoms with Gasteiger partial charge in [0.05, 0.1) is 6.10 Å². The molecule has 23 heavy (non-hydrogen) atoms. The maximum absolute atomic E-state index is 10.4. The monoisotopic (exact) mass is 323 g/mol. The van der Waals surface area contributed by atoms with Crippen LogP contribution in [0.3, 0.4) is 0 Å². The first-order chi connectivity index (χ1) is 11.1. The van der Waals surface area contributed by atoms with Gasteiger partial charge in [-0.15, -0.1) is 0 Å². The van der Waals surface area contributed by atoms with Crippen molar-refractivity contribution in [3.8, 4) is 0 Å². The molecule has 2 unspecified atom stereocenters. The van der Waals surface area contributed by atoms with E-state index >= 15 is 0 Å². The van der Waals surface area contributed by atoms with Gasteiger partial charge in [-0.1, -0.05) is 19.8 Å². The van der Waals surface area contributed by atoms with E-state index in [0.29, 0.717) is 5.41 Å². The van der Waals surface area contributed by atoms with E-state index in [0.717, 1.165) is 58.1 Å². The number of likely N-dealkylation sites (tertiary alicyclic amines) is 1. The molecule has 2 atom stereocenters. The van der Waals surface area contributed by atoms with Gasteiger partial charge in [-0.3, -0.25) is 4.99 Å². The Balaban J connectivity index is 1.56. The zero-order valence-corrected chi connectivity index (χ0v) is 14.8. The third-order valence-corrected chi connectivity index (χ3v) is 6.43. The number of hydrogen-bond acceptors (Lipinski definition) is 3. The lowest BCUT2D eigenvalue weighted by molar-refractivity contribution is 0.00347. The van der Waals surface area contributed by atoms with Crippen molar-refractivity contribution in [1.82, 2.24) is 10.2 Å². The minimum atomic E-state index is -0.192. The molecule has 1 saturated carbocycles. The summed E-state index contributed by atoms with van der Waals surface area (Å²) in [5.41, 5.74) is 0.411. The van der Waals surface area contributed by atoms with Crippen molar-refractivity contribution in [3.05, 3.63) is 0 Å². The van der Waals surface area contributed by atoms with Gasteiger partial charge in [-0.05, 0) is 37.5 Å². The minimum Gasteiger partial charge on any atom is -0.392 e. The van der Waals surface area contributed by atoms with E-state index in [-0.39, 0.29) is 11.5 Å². The highest BCUT2D eigenvalue weighted by Gasteiger charge is 2.41. The molecule has 2 heterocycles. The van der Waals surface area contributed by atoms with Crippen LogP contribution in [0.2, 0.25) is 0 Å². The highest BCUT2D eigenvalue weighted by atomic mass is 16.5. The van der Waals surface area contributed by atoms with Crippen molar-refractivity contribution >= 4 is 5.96 Å². The number of ether oxygens (including phenoxy) is 1. The molecule has 0 bridgehead atoms. The Labute approximate surface area is 140 Å². The zero-order chi connectivity index (χ0) is 16.3. The van der Waals surface area contributed by atoms with Gasteiger partial charge in [0.1, 0.15) is 0 Å². The van der Waals surface area contributed by atoms with Crippen LogP contribution in [0, 0.1) is 10.8 Å². The van der Waals surface area contributed by atoms with Gasteiger partial charge in [0, 0.05) is 45.3 Å². The second kappa shape index (κ2) is 6.98. The third kappa shape index (κ3) is 3.66. The molecule has 1 aliphatic carbocycles. The predicted molar refractivity (Wildman–Crippen MR) is 92.6 cm³/mol. The fourth-order valence-corrected chi connectivity index (χ4v) is 4.53. The van der Waals surface area contributed by atoms with E-state index in [1.807, 2.05) is 7.05 Å². The quantitative estimate of drug-likeness (QED) is 0.603. The summed E-state index contributed by atoms with van der Waals surface area (Å²) >= 11 is 0. The van der Waals surface area contributed by atoms with Crippen LogP contribution in [0.1, 0.15) is 51.9 Å². The van der Waals surface area contributed by atoms with Crippen molar-refractivity contribution in [3.63, 3.8) is 0 Å². The summed E-state index contributed by atoms with van der Waals surface area (Å²) in [4.78, 5) is 6.91. The second-order valence-corrected chi connectivity index (χ2v) is 8.10. The summed E-state index contributed by atoms with van der Waals surface area (Å²) in [5, 5.41) is 13.9. The summed E-state index contributed by atoms with van der Waals surface area (Å²) in [6.45, 7) is 7.01. The number of hydrogen-bond donors (Lipinski definition) is 2. The van der Waals surface area contributed by atoms with Crippen molar-refractivity contribution < 1.29 is 9.84 Å². The number of aliphatic hydroxyl groups excluding tert-OH is 1. The van der Waals surface area contributed by atoms with Gasteiger partial charge in [0.25, 0.3) is 0 Å². The van der Waals surface area contributed by atoms with Crippen molar-refractivity contribution in [2.75, 3.05) is 39.9 Å². The Kier molecular flexibility index (Phi) is 5.16. The lowest BCUT2D eigenvalue weighted by atomic mass is 9.73. The summed E-state index contributed by atoms with van der Waals surface area (Å²) in [5.74, 6) is 1.01. The first-order valence-electron chi connectivity index (χ1n) is 9.28. The largest absolute Gasteiger partial charge is 0.392 e. The third-order valence-electron chi connectivity index (χ3n) is 6.43. The Morgan fingerprint density at radius 3 is 2.74 bits per heavy atom. The predicted octanol–water partition coefficient (Wildman–Crippen LogP) is 2.01. The van der Waals surface area contributed by atoms with E-state index in [1.54, 1.807) is 0 Å². The molecule has 3 fully saturated rings. The maximum atomic E-state index is 10.4. The van der Waals surface area contributed by atoms with Gasteiger partial charge in [0.15, 0.2) is 5.96 Å². The Hall–Kier alpha value is -0.810. The molecular weight excluding hydrogens is 290 g/mol. The van der Waals surface area contributed by atoms with E-state index in [2.05, 4.69) is 22.1 Å². The minimum absolute atomic E-state index is 0.0235. The van der Waals surface area contributed by atoms with Crippen LogP contribution in [0.15, 0.2) is 4.99 Å². The molecule has 1 spiro atoms. The Morgan fingerprint density at radius 2 is 2.04 bits per heavy atom. The van der Waals surface area contributed by atoms with E-state index in [9.17, 15) is 5.11 Å². The van der Waals surface area contributed by atoms with Crippen LogP contribution in [0.25, 0.3) is 0 Å². The Bertz CT molecular complexity index is 434. The standard InChI is InChI=1S/C18H33N3O2/c1-17(6-4-3-5-15(17)22)13-20-16(19-2)21-10-7-18(14-21)8-11-23-12-9-18/h15,22H,3-14H2,1-2H3,(H,19,20). The van der Waals surface area contributed by atoms with Crippen molar-refractivity contribution in [1.29, 1.82) is 0 Å². The summed E-state index contributed by atoms with van der Waals surface area (Å²) < 4.78 is 5.54. The number of nitrogens with zero attached hydrogens (tertiary/aromatic N) is 2. The molecule has 0 amide bonds. The topological polar surface area (TPSA) is 57.1 Å². The van der Waals surface area contributed by atoms with Gasteiger partial charge in [-0.2, -0.15) is 0 Å². The van der Waals surface area contributed by atoms with Crippen LogP contribution >= 0.6 is 0 Å². The molecule has 5 nitrogen and oxygen atoms in total. The molecular formula is C18H33N3O2. The SMILES string of the molecule is CN=C(NCC1(C)CCCCC1O)N1CCC2(CCOCC2)C1. The van der Waals surface area contributed by atoms with Crippen LogP contribution in [-0.2, 0) is 4.74 Å². The molecule has 0 aromatic rings. The number of rotatable bonds is 2.